The van der Waals surface area contributed by atoms with Crippen molar-refractivity contribution in [1.29, 1.82) is 5.26 Å². The van der Waals surface area contributed by atoms with Crippen LogP contribution in [0.25, 0.3) is 10.9 Å². The van der Waals surface area contributed by atoms with Crippen LogP contribution in [0, 0.1) is 11.3 Å². The predicted octanol–water partition coefficient (Wildman–Crippen LogP) is 0.839. The Bertz CT molecular complexity index is 1000. The van der Waals surface area contributed by atoms with Crippen LogP contribution in [-0.4, -0.2) is 58.1 Å². The molecule has 0 amide bonds. The molecule has 0 saturated carbocycles. The number of hydrogen-bond acceptors (Lipinski definition) is 7. The van der Waals surface area contributed by atoms with E-state index in [2.05, 4.69) is 11.1 Å². The minimum Gasteiger partial charge on any atom is -0.493 e. The van der Waals surface area contributed by atoms with E-state index >= 15 is 0 Å². The van der Waals surface area contributed by atoms with Crippen molar-refractivity contribution in [2.45, 2.75) is 6.42 Å². The van der Waals surface area contributed by atoms with E-state index in [1.807, 2.05) is 4.90 Å². The van der Waals surface area contributed by atoms with Crippen LogP contribution >= 0.6 is 0 Å². The van der Waals surface area contributed by atoms with Gasteiger partial charge in [-0.25, -0.2) is 5.14 Å². The number of aromatic nitrogens is 1. The van der Waals surface area contributed by atoms with Gasteiger partial charge in [-0.15, -0.1) is 0 Å². The third-order valence-corrected chi connectivity index (χ3v) is 5.68. The van der Waals surface area contributed by atoms with Gasteiger partial charge in [0.15, 0.2) is 11.5 Å². The average Bonchev–Trinajstić information content (AvgIpc) is 2.91. The highest BCUT2D eigenvalue weighted by Gasteiger charge is 2.25. The molecule has 1 aliphatic heterocycles. The number of nitriles is 1. The zero-order valence-electron chi connectivity index (χ0n) is 15.2. The second-order valence-corrected chi connectivity index (χ2v) is 7.69. The van der Waals surface area contributed by atoms with Crippen molar-refractivity contribution in [3.8, 4) is 17.6 Å². The molecule has 27 heavy (non-hydrogen) atoms. The number of fused-ring (bicyclic) bond motifs is 1. The van der Waals surface area contributed by atoms with E-state index in [0.29, 0.717) is 54.3 Å². The second kappa shape index (κ2) is 7.56. The molecule has 0 radical (unpaired) electrons. The molecule has 10 heteroatoms. The number of nitrogens with two attached hydrogens (primary N) is 1. The summed E-state index contributed by atoms with van der Waals surface area (Å²) in [6.45, 7) is 1.60. The Morgan fingerprint density at radius 3 is 2.48 bits per heavy atom. The van der Waals surface area contributed by atoms with Gasteiger partial charge >= 0.3 is 0 Å². The summed E-state index contributed by atoms with van der Waals surface area (Å²) < 4.78 is 35.3. The van der Waals surface area contributed by atoms with Crippen molar-refractivity contribution in [3.05, 3.63) is 23.9 Å². The molecule has 1 aliphatic rings. The van der Waals surface area contributed by atoms with Crippen molar-refractivity contribution >= 4 is 26.8 Å². The Labute approximate surface area is 158 Å². The highest BCUT2D eigenvalue weighted by Crippen LogP contribution is 2.37. The Hall–Kier alpha value is -2.61. The lowest BCUT2D eigenvalue weighted by molar-refractivity contribution is 0.356. The van der Waals surface area contributed by atoms with Crippen molar-refractivity contribution in [1.82, 2.24) is 9.29 Å². The van der Waals surface area contributed by atoms with Crippen LogP contribution in [0.5, 0.6) is 11.5 Å². The van der Waals surface area contributed by atoms with E-state index < -0.39 is 10.2 Å². The maximum atomic E-state index is 11.7. The third kappa shape index (κ3) is 3.75. The van der Waals surface area contributed by atoms with Gasteiger partial charge in [-0.3, -0.25) is 4.98 Å². The number of methoxy groups -OCH3 is 2. The molecule has 0 aliphatic carbocycles. The lowest BCUT2D eigenvalue weighted by Crippen LogP contribution is -2.39. The molecule has 144 valence electrons. The summed E-state index contributed by atoms with van der Waals surface area (Å²) >= 11 is 0. The fourth-order valence-corrected chi connectivity index (χ4v) is 4.02. The first-order chi connectivity index (χ1) is 12.9. The van der Waals surface area contributed by atoms with Crippen LogP contribution in [0.15, 0.2) is 18.3 Å². The number of pyridine rings is 1. The van der Waals surface area contributed by atoms with Gasteiger partial charge in [0.2, 0.25) is 0 Å². The summed E-state index contributed by atoms with van der Waals surface area (Å²) in [5.41, 5.74) is 1.78. The van der Waals surface area contributed by atoms with Crippen LogP contribution in [0.2, 0.25) is 0 Å². The molecule has 2 N–H and O–H groups in total. The topological polar surface area (TPSA) is 122 Å². The summed E-state index contributed by atoms with van der Waals surface area (Å²) in [7, 11) is -0.651. The van der Waals surface area contributed by atoms with E-state index in [1.54, 1.807) is 26.4 Å². The molecule has 3 rings (SSSR count). The summed E-state index contributed by atoms with van der Waals surface area (Å²) in [6.07, 6.45) is 2.12. The Morgan fingerprint density at radius 1 is 1.15 bits per heavy atom. The molecule has 9 nitrogen and oxygen atoms in total. The molecule has 2 heterocycles. The lowest BCUT2D eigenvalue weighted by atomic mass is 10.1. The van der Waals surface area contributed by atoms with Crippen molar-refractivity contribution in [2.75, 3.05) is 45.3 Å². The molecule has 1 fully saturated rings. The third-order valence-electron chi connectivity index (χ3n) is 4.60. The lowest BCUT2D eigenvalue weighted by Gasteiger charge is -2.25. The van der Waals surface area contributed by atoms with Crippen LogP contribution in [0.1, 0.15) is 12.0 Å². The van der Waals surface area contributed by atoms with E-state index in [-0.39, 0.29) is 6.54 Å². The van der Waals surface area contributed by atoms with Gasteiger partial charge in [-0.2, -0.15) is 18.0 Å². The van der Waals surface area contributed by atoms with Gasteiger partial charge in [-0.05, 0) is 12.5 Å². The first-order valence-electron chi connectivity index (χ1n) is 8.36. The quantitative estimate of drug-likeness (QED) is 0.819. The van der Waals surface area contributed by atoms with Crippen molar-refractivity contribution < 1.29 is 17.9 Å². The molecule has 0 spiro atoms. The highest BCUT2D eigenvalue weighted by atomic mass is 32.2. The number of ether oxygens (including phenoxy) is 2. The summed E-state index contributed by atoms with van der Waals surface area (Å²) in [5, 5.41) is 15.6. The zero-order chi connectivity index (χ0) is 19.6. The average molecular weight is 391 g/mol. The van der Waals surface area contributed by atoms with Gasteiger partial charge in [0.25, 0.3) is 10.2 Å². The number of rotatable bonds is 4. The van der Waals surface area contributed by atoms with Gasteiger partial charge in [-0.1, -0.05) is 0 Å². The molecular formula is C17H21N5O4S. The molecule has 1 saturated heterocycles. The summed E-state index contributed by atoms with van der Waals surface area (Å²) in [4.78, 5) is 6.36. The predicted molar refractivity (Wildman–Crippen MR) is 101 cm³/mol. The van der Waals surface area contributed by atoms with Crippen LogP contribution < -0.4 is 19.5 Å². The minimum atomic E-state index is -3.74. The Morgan fingerprint density at radius 2 is 1.85 bits per heavy atom. The fraction of sp³-hybridized carbons (Fsp3) is 0.412. The van der Waals surface area contributed by atoms with Crippen LogP contribution in [0.3, 0.4) is 0 Å². The number of benzene rings is 1. The zero-order valence-corrected chi connectivity index (χ0v) is 16.0. The summed E-state index contributed by atoms with van der Waals surface area (Å²) in [5.74, 6) is 1.08. The molecule has 2 aromatic rings. The highest BCUT2D eigenvalue weighted by molar-refractivity contribution is 7.86. The van der Waals surface area contributed by atoms with E-state index in [1.165, 1.54) is 10.5 Å². The largest absolute Gasteiger partial charge is 0.493 e. The first kappa shape index (κ1) is 19.2. The van der Waals surface area contributed by atoms with Crippen LogP contribution in [0.4, 0.5) is 5.69 Å². The van der Waals surface area contributed by atoms with Gasteiger partial charge in [0, 0.05) is 43.8 Å². The van der Waals surface area contributed by atoms with Gasteiger partial charge in [0.05, 0.1) is 31.0 Å². The second-order valence-electron chi connectivity index (χ2n) is 6.14. The normalized spacial score (nSPS) is 16.0. The smallest absolute Gasteiger partial charge is 0.276 e. The van der Waals surface area contributed by atoms with Crippen LogP contribution in [-0.2, 0) is 10.2 Å². The summed E-state index contributed by atoms with van der Waals surface area (Å²) in [6, 6.07) is 5.73. The number of anilines is 1. The van der Waals surface area contributed by atoms with Crippen molar-refractivity contribution in [2.24, 2.45) is 5.14 Å². The molecule has 0 bridgehead atoms. The Balaban J connectivity index is 2.10. The maximum absolute atomic E-state index is 11.7. The van der Waals surface area contributed by atoms with E-state index in [0.717, 1.165) is 5.39 Å². The van der Waals surface area contributed by atoms with Gasteiger partial charge < -0.3 is 14.4 Å². The molecular weight excluding hydrogens is 370 g/mol. The SMILES string of the molecule is COc1cc2ncc(C#N)c(N3CCCN(S(N)(=O)=O)CC3)c2cc1OC. The minimum absolute atomic E-state index is 0.251. The maximum Gasteiger partial charge on any atom is 0.276 e. The molecule has 0 atom stereocenters. The molecule has 1 aromatic carbocycles. The number of hydrogen-bond donors (Lipinski definition) is 1. The first-order valence-corrected chi connectivity index (χ1v) is 9.87. The molecule has 0 unspecified atom stereocenters. The Kier molecular flexibility index (Phi) is 5.36. The van der Waals surface area contributed by atoms with Crippen molar-refractivity contribution in [3.63, 3.8) is 0 Å². The standard InChI is InChI=1S/C17H21N5O4S/c1-25-15-8-13-14(9-16(15)26-2)20-11-12(10-18)17(13)21-4-3-5-22(7-6-21)27(19,23)24/h8-9,11H,3-7H2,1-2H3,(H2,19,23,24). The molecule has 1 aromatic heterocycles. The monoisotopic (exact) mass is 391 g/mol. The van der Waals surface area contributed by atoms with E-state index in [9.17, 15) is 13.7 Å². The van der Waals surface area contributed by atoms with Gasteiger partial charge in [0.1, 0.15) is 6.07 Å². The fourth-order valence-electron chi connectivity index (χ4n) is 3.30. The van der Waals surface area contributed by atoms with E-state index in [4.69, 9.17) is 14.6 Å². The number of nitrogens with zero attached hydrogens (tertiary/aromatic N) is 4.